The van der Waals surface area contributed by atoms with Crippen molar-refractivity contribution in [1.82, 2.24) is 109 Å². The molecular weight excluding hydrogens is 2010 g/mol. The van der Waals surface area contributed by atoms with Crippen LogP contribution in [0.15, 0.2) is 97.6 Å². The Morgan fingerprint density at radius 3 is 0.932 bits per heavy atom. The molecule has 0 bridgehead atoms. The molecule has 2 N–H and O–H groups in total. The minimum atomic E-state index is -0.235. The van der Waals surface area contributed by atoms with Gasteiger partial charge in [0, 0.05) is 197 Å². The van der Waals surface area contributed by atoms with E-state index < -0.39 is 0 Å². The lowest BCUT2D eigenvalue weighted by atomic mass is 9.80. The topological polar surface area (TPSA) is 325 Å². The maximum atomic E-state index is 11.2. The van der Waals surface area contributed by atoms with Crippen molar-refractivity contribution in [1.29, 1.82) is 10.5 Å². The highest BCUT2D eigenvalue weighted by Gasteiger charge is 2.44. The van der Waals surface area contributed by atoms with Gasteiger partial charge < -0.3 is 49.5 Å². The third-order valence-corrected chi connectivity index (χ3v) is 34.2. The minimum Gasteiger partial charge on any atom is -0.381 e. The Hall–Kier alpha value is -9.72. The molecule has 772 valence electrons. The first kappa shape index (κ1) is 105. The lowest BCUT2D eigenvalue weighted by Crippen LogP contribution is -2.55. The van der Waals surface area contributed by atoms with Crippen molar-refractivity contribution >= 4 is 173 Å². The van der Waals surface area contributed by atoms with E-state index in [2.05, 4.69) is 96.0 Å². The van der Waals surface area contributed by atoms with Gasteiger partial charge in [0.25, 0.3) is 0 Å². The second kappa shape index (κ2) is 46.8. The Morgan fingerprint density at radius 2 is 0.644 bits per heavy atom. The van der Waals surface area contributed by atoms with E-state index in [1.54, 1.807) is 59.9 Å². The molecule has 2 amide bonds. The monoisotopic (exact) mass is 2140 g/mol. The predicted molar refractivity (Wildman–Crippen MR) is 576 cm³/mol. The maximum Gasteiger partial charge on any atom is 0.216 e. The highest BCUT2D eigenvalue weighted by molar-refractivity contribution is 6.37. The summed E-state index contributed by atoms with van der Waals surface area (Å²) in [6, 6.07) is 27.0. The Kier molecular flexibility index (Phi) is 33.6. The van der Waals surface area contributed by atoms with Crippen molar-refractivity contribution < 1.29 is 19.1 Å². The third kappa shape index (κ3) is 23.5. The van der Waals surface area contributed by atoms with Crippen molar-refractivity contribution in [3.8, 4) is 12.1 Å². The Balaban J connectivity index is 0.000000123. The summed E-state index contributed by atoms with van der Waals surface area (Å²) in [5.41, 5.74) is 11.2. The SMILES string of the molecule is CC(=O)NCCN1CCC[C@@H](C2CN(c3cnc4c(C)nn([C@H](C)c5ccc(Cl)cc5Cl)c4n3)C2)C1.CC(=O)NCCN1CCC[C@H](C2CN(c3cnc4c(C)nn([C@H](C)c5ccc(Cl)cc5Cl)c4n3)C2)C1.C[C@H](c1ccc(Cl)cc1Cl)n1nc(C#N)c2ncc(N3CC([C@@H]4CCCN(C5CCOCC5)C4)C3)nc21.C[C@H](c1ccc(Cl)cc1Cl)n1nc(C#N)c2ncc(N3CC([C@H]4CCCN(C5CCOCC5)C4)C3)nc21. The zero-order chi connectivity index (χ0) is 102. The molecule has 0 spiro atoms. The number of fused-ring (bicyclic) bond motifs is 4. The number of hydrogen-bond acceptors (Lipinski definition) is 26. The quantitative estimate of drug-likeness (QED) is 0.0567. The van der Waals surface area contributed by atoms with Gasteiger partial charge in [-0.05, 0) is 263 Å². The van der Waals surface area contributed by atoms with Gasteiger partial charge in [-0.3, -0.25) is 19.4 Å². The first-order valence-electron chi connectivity index (χ1n) is 51.7. The van der Waals surface area contributed by atoms with E-state index in [0.717, 1.165) is 248 Å². The summed E-state index contributed by atoms with van der Waals surface area (Å²) in [7, 11) is 0. The van der Waals surface area contributed by atoms with Gasteiger partial charge in [0.15, 0.2) is 34.0 Å². The number of rotatable bonds is 24. The summed E-state index contributed by atoms with van der Waals surface area (Å²) in [6.45, 7) is 39.3. The van der Waals surface area contributed by atoms with Gasteiger partial charge in [-0.1, -0.05) is 117 Å². The summed E-state index contributed by atoms with van der Waals surface area (Å²) in [6.07, 6.45) is 22.1. The minimum absolute atomic E-state index is 0.0402. The number of nitriles is 2. The van der Waals surface area contributed by atoms with Crippen LogP contribution in [-0.2, 0) is 19.1 Å². The number of aromatic nitrogens is 16. The van der Waals surface area contributed by atoms with E-state index in [1.807, 2.05) is 98.0 Å². The molecule has 12 aromatic rings. The molecule has 10 saturated heterocycles. The van der Waals surface area contributed by atoms with Crippen molar-refractivity contribution in [2.75, 3.05) is 177 Å². The summed E-state index contributed by atoms with van der Waals surface area (Å²) >= 11 is 50.4. The number of piperidine rings is 4. The van der Waals surface area contributed by atoms with Gasteiger partial charge in [-0.15, -0.1) is 0 Å². The van der Waals surface area contributed by atoms with Crippen LogP contribution in [0.3, 0.4) is 0 Å². The molecule has 10 fully saturated rings. The predicted octanol–water partition coefficient (Wildman–Crippen LogP) is 18.6. The van der Waals surface area contributed by atoms with Crippen LogP contribution in [0, 0.1) is 83.9 Å². The van der Waals surface area contributed by atoms with Crippen LogP contribution in [0.25, 0.3) is 44.7 Å². The number of ether oxygens (including phenoxy) is 2. The average Bonchev–Trinajstić information content (AvgIpc) is 1.69. The maximum absolute atomic E-state index is 11.2. The van der Waals surface area contributed by atoms with E-state index in [4.69, 9.17) is 142 Å². The number of hydrogen-bond donors (Lipinski definition) is 2. The number of nitrogens with one attached hydrogen (secondary N) is 2. The number of benzene rings is 4. The molecule has 4 aromatic carbocycles. The van der Waals surface area contributed by atoms with Crippen LogP contribution < -0.4 is 30.2 Å². The fourth-order valence-corrected chi connectivity index (χ4v) is 25.6. The number of halogens is 8. The molecule has 22 rings (SSSR count). The summed E-state index contributed by atoms with van der Waals surface area (Å²) in [5, 5.41) is 48.5. The molecule has 18 heterocycles. The van der Waals surface area contributed by atoms with E-state index in [1.165, 1.54) is 77.5 Å². The first-order chi connectivity index (χ1) is 70.6. The summed E-state index contributed by atoms with van der Waals surface area (Å²) in [4.78, 5) is 80.6. The average molecular weight is 2140 g/mol. The van der Waals surface area contributed by atoms with Gasteiger partial charge in [0.1, 0.15) is 57.5 Å². The molecule has 32 nitrogen and oxygen atoms in total. The largest absolute Gasteiger partial charge is 0.381 e. The van der Waals surface area contributed by atoms with Gasteiger partial charge in [-0.25, -0.2) is 58.6 Å². The van der Waals surface area contributed by atoms with Gasteiger partial charge in [0.05, 0.1) is 60.3 Å². The van der Waals surface area contributed by atoms with Crippen molar-refractivity contribution in [3.63, 3.8) is 0 Å². The fourth-order valence-electron chi connectivity index (χ4n) is 23.4. The Bertz CT molecular complexity index is 6360. The van der Waals surface area contributed by atoms with Crippen LogP contribution in [0.1, 0.15) is 188 Å². The molecular formula is C106H128Cl8N28O4. The highest BCUT2D eigenvalue weighted by Crippen LogP contribution is 2.44. The number of nitrogens with zero attached hydrogens (tertiary/aromatic N) is 26. The summed E-state index contributed by atoms with van der Waals surface area (Å²) < 4.78 is 18.5. The second-order valence-electron chi connectivity index (χ2n) is 41.4. The van der Waals surface area contributed by atoms with E-state index in [0.29, 0.717) is 110 Å². The van der Waals surface area contributed by atoms with E-state index >= 15 is 0 Å². The zero-order valence-electron chi connectivity index (χ0n) is 84.1. The van der Waals surface area contributed by atoms with Crippen LogP contribution in [0.5, 0.6) is 0 Å². The van der Waals surface area contributed by atoms with Crippen LogP contribution in [0.2, 0.25) is 40.2 Å². The van der Waals surface area contributed by atoms with Crippen LogP contribution in [0.4, 0.5) is 23.3 Å². The molecule has 40 heteroatoms. The lowest BCUT2D eigenvalue weighted by Gasteiger charge is -2.48. The molecule has 8 aromatic heterocycles. The number of carbonyl (C=O) groups excluding carboxylic acids is 2. The first-order valence-corrected chi connectivity index (χ1v) is 54.8. The van der Waals surface area contributed by atoms with Gasteiger partial charge in [0.2, 0.25) is 11.8 Å². The number of amides is 2. The Labute approximate surface area is 892 Å². The molecule has 0 aliphatic carbocycles. The standard InChI is InChI=1S/2C27H31Cl2N7O.2C26H33Cl2N7O/c2*1-17(22-5-4-20(28)11-23(22)29)36-27-26(24(12-30)33-36)31-13-25(32-27)35-15-19(16-35)18-3-2-8-34(14-18)21-6-9-37-10-7-21;2*1-16-25-26(35(32-16)17(2)22-7-6-21(27)11-23(22)28)31-24(12-30-25)34-14-20(15-34)19-5-4-9-33(13-19)10-8-29-18(3)36/h2*4-5,11,13,17-19,21H,2-3,6-10,14-16H2,1H3;2*6-7,11-12,17,19-20H,4-5,8-10,13-15H2,1-3H3,(H,29,36)/t17-,18+;17-,18-;17-,19+;17-,19-/m1111/s1. The van der Waals surface area contributed by atoms with Crippen LogP contribution in [-0.4, -0.2) is 280 Å². The molecule has 146 heavy (non-hydrogen) atoms. The van der Waals surface area contributed by atoms with Gasteiger partial charge >= 0.3 is 0 Å². The summed E-state index contributed by atoms with van der Waals surface area (Å²) in [5.74, 6) is 9.03. The molecule has 10 aliphatic heterocycles. The Morgan fingerprint density at radius 1 is 0.370 bits per heavy atom. The normalized spacial score (nSPS) is 21.3. The molecule has 0 saturated carbocycles. The highest BCUT2D eigenvalue weighted by atomic mass is 35.5. The number of carbonyl (C=O) groups is 2. The third-order valence-electron chi connectivity index (χ3n) is 31.9. The molecule has 10 aliphatic rings. The van der Waals surface area contributed by atoms with E-state index in [-0.39, 0.29) is 47.4 Å². The molecule has 8 atom stereocenters. The van der Waals surface area contributed by atoms with Crippen molar-refractivity contribution in [2.24, 2.45) is 47.3 Å². The van der Waals surface area contributed by atoms with Gasteiger partial charge in [-0.2, -0.15) is 30.9 Å². The number of anilines is 4. The molecule has 0 radical (unpaired) electrons. The number of aryl methyl sites for hydroxylation is 2. The molecule has 0 unspecified atom stereocenters. The van der Waals surface area contributed by atoms with Crippen molar-refractivity contribution in [3.05, 3.63) is 183 Å². The van der Waals surface area contributed by atoms with Crippen LogP contribution >= 0.6 is 92.8 Å². The number of likely N-dealkylation sites (tertiary alicyclic amines) is 4. The van der Waals surface area contributed by atoms with Crippen molar-refractivity contribution in [2.45, 2.75) is 169 Å². The van der Waals surface area contributed by atoms with E-state index in [9.17, 15) is 20.1 Å². The zero-order valence-corrected chi connectivity index (χ0v) is 90.1. The smallest absolute Gasteiger partial charge is 0.216 e. The lowest BCUT2D eigenvalue weighted by molar-refractivity contribution is -0.119. The second-order valence-corrected chi connectivity index (χ2v) is 44.7. The fraction of sp³-hybridized carbons (Fsp3) is 0.547.